The minimum atomic E-state index is -4.76. The van der Waals surface area contributed by atoms with Gasteiger partial charge in [-0.1, -0.05) is 20.3 Å². The molecular formula is C16H20F3NO4. The van der Waals surface area contributed by atoms with Crippen molar-refractivity contribution in [2.24, 2.45) is 5.92 Å². The molecule has 0 aliphatic rings. The molecule has 1 unspecified atom stereocenters. The van der Waals surface area contributed by atoms with Crippen LogP contribution in [0.5, 0.6) is 0 Å². The molecule has 24 heavy (non-hydrogen) atoms. The molecule has 0 N–H and O–H groups in total. The number of ether oxygens (including phenoxy) is 1. The number of halogens is 3. The lowest BCUT2D eigenvalue weighted by Gasteiger charge is -2.25. The molecule has 2 atom stereocenters. The van der Waals surface area contributed by atoms with Crippen LogP contribution in [0.1, 0.15) is 44.4 Å². The van der Waals surface area contributed by atoms with E-state index in [4.69, 9.17) is 4.74 Å². The number of carbonyl (C=O) groups is 2. The zero-order chi connectivity index (χ0) is 18.5. The van der Waals surface area contributed by atoms with Gasteiger partial charge in [0.25, 0.3) is 5.56 Å². The molecule has 0 amide bonds. The van der Waals surface area contributed by atoms with Gasteiger partial charge in [-0.2, -0.15) is 13.2 Å². The summed E-state index contributed by atoms with van der Waals surface area (Å²) in [7, 11) is 0. The van der Waals surface area contributed by atoms with Crippen molar-refractivity contribution in [1.82, 2.24) is 4.57 Å². The Morgan fingerprint density at radius 1 is 1.38 bits per heavy atom. The van der Waals surface area contributed by atoms with E-state index in [1.165, 1.54) is 0 Å². The maximum Gasteiger partial charge on any atom is 0.416 e. The van der Waals surface area contributed by atoms with E-state index in [2.05, 4.69) is 0 Å². The molecule has 0 aliphatic heterocycles. The Kier molecular flexibility index (Phi) is 6.74. The molecule has 1 aromatic rings. The third-order valence-electron chi connectivity index (χ3n) is 3.78. The van der Waals surface area contributed by atoms with Crippen LogP contribution in [-0.2, 0) is 26.9 Å². The number of esters is 1. The van der Waals surface area contributed by atoms with Gasteiger partial charge in [0.05, 0.1) is 12.2 Å². The van der Waals surface area contributed by atoms with Gasteiger partial charge in [0.1, 0.15) is 12.3 Å². The molecule has 0 bridgehead atoms. The smallest absolute Gasteiger partial charge is 0.416 e. The maximum atomic E-state index is 13.0. The second-order valence-electron chi connectivity index (χ2n) is 5.41. The average Bonchev–Trinajstić information content (AvgIpc) is 2.49. The van der Waals surface area contributed by atoms with Crippen LogP contribution in [-0.4, -0.2) is 23.4 Å². The van der Waals surface area contributed by atoms with Crippen LogP contribution in [0.4, 0.5) is 13.2 Å². The third kappa shape index (κ3) is 4.46. The molecule has 1 aromatic heterocycles. The summed E-state index contributed by atoms with van der Waals surface area (Å²) in [6.07, 6.45) is -3.49. The van der Waals surface area contributed by atoms with E-state index < -0.39 is 35.7 Å². The van der Waals surface area contributed by atoms with Crippen molar-refractivity contribution in [3.05, 3.63) is 33.7 Å². The van der Waals surface area contributed by atoms with Gasteiger partial charge >= 0.3 is 12.1 Å². The highest BCUT2D eigenvalue weighted by atomic mass is 19.4. The Labute approximate surface area is 137 Å². The lowest BCUT2D eigenvalue weighted by atomic mass is 9.98. The van der Waals surface area contributed by atoms with Crippen molar-refractivity contribution in [2.45, 2.75) is 45.8 Å². The second kappa shape index (κ2) is 8.12. The van der Waals surface area contributed by atoms with Crippen molar-refractivity contribution < 1.29 is 27.5 Å². The van der Waals surface area contributed by atoms with E-state index in [1.54, 1.807) is 20.8 Å². The fourth-order valence-corrected chi connectivity index (χ4v) is 2.40. The van der Waals surface area contributed by atoms with E-state index in [-0.39, 0.29) is 18.1 Å². The number of aldehydes is 1. The summed E-state index contributed by atoms with van der Waals surface area (Å²) >= 11 is 0. The molecule has 0 aliphatic carbocycles. The average molecular weight is 347 g/mol. The third-order valence-corrected chi connectivity index (χ3v) is 3.78. The van der Waals surface area contributed by atoms with Crippen molar-refractivity contribution in [3.8, 4) is 0 Å². The molecule has 0 radical (unpaired) electrons. The van der Waals surface area contributed by atoms with Gasteiger partial charge in [0, 0.05) is 18.7 Å². The first kappa shape index (κ1) is 19.9. The van der Waals surface area contributed by atoms with Gasteiger partial charge in [0.2, 0.25) is 0 Å². The molecular weight excluding hydrogens is 327 g/mol. The van der Waals surface area contributed by atoms with Gasteiger partial charge in [-0.05, 0) is 18.4 Å². The molecule has 0 spiro atoms. The second-order valence-corrected chi connectivity index (χ2v) is 5.41. The van der Waals surface area contributed by atoms with Crippen LogP contribution < -0.4 is 5.56 Å². The summed E-state index contributed by atoms with van der Waals surface area (Å²) in [6, 6.07) is -0.622. The zero-order valence-corrected chi connectivity index (χ0v) is 13.7. The Morgan fingerprint density at radius 3 is 2.46 bits per heavy atom. The number of nitrogens with zero attached hydrogens (tertiary/aromatic N) is 1. The molecule has 1 heterocycles. The van der Waals surface area contributed by atoms with Crippen LogP contribution in [0, 0.1) is 5.92 Å². The standard InChI is InChI=1S/C16H20F3NO4/c1-4-10(3)14(15(23)24-5-2)20-9-11(6-7-21)12(8-13(20)22)16(17,18)19/h7-10,14H,4-6H2,1-3H3/t10-,14?/m1/s1. The molecule has 134 valence electrons. The molecule has 8 heteroatoms. The van der Waals surface area contributed by atoms with Gasteiger partial charge in [-0.15, -0.1) is 0 Å². The van der Waals surface area contributed by atoms with Gasteiger partial charge < -0.3 is 14.1 Å². The Morgan fingerprint density at radius 2 is 2.00 bits per heavy atom. The monoisotopic (exact) mass is 347 g/mol. The SMILES string of the molecule is CCOC(=O)C([C@H](C)CC)n1cc(CC=O)c(C(F)(F)F)cc1=O. The van der Waals surface area contributed by atoms with Gasteiger partial charge in [-0.25, -0.2) is 4.79 Å². The number of carbonyl (C=O) groups excluding carboxylic acids is 2. The summed E-state index contributed by atoms with van der Waals surface area (Å²) in [6.45, 7) is 5.17. The van der Waals surface area contributed by atoms with Crippen LogP contribution in [0.25, 0.3) is 0 Å². The summed E-state index contributed by atoms with van der Waals surface area (Å²) in [5.74, 6) is -1.02. The van der Waals surface area contributed by atoms with Crippen molar-refractivity contribution >= 4 is 12.3 Å². The summed E-state index contributed by atoms with van der Waals surface area (Å²) in [5.41, 5.74) is -2.48. The number of rotatable bonds is 7. The molecule has 5 nitrogen and oxygen atoms in total. The first-order chi connectivity index (χ1) is 11.2. The molecule has 0 saturated heterocycles. The van der Waals surface area contributed by atoms with E-state index in [9.17, 15) is 27.6 Å². The van der Waals surface area contributed by atoms with Crippen molar-refractivity contribution in [1.29, 1.82) is 0 Å². The highest BCUT2D eigenvalue weighted by molar-refractivity contribution is 5.74. The molecule has 0 fully saturated rings. The summed E-state index contributed by atoms with van der Waals surface area (Å²) < 4.78 is 45.0. The highest BCUT2D eigenvalue weighted by Crippen LogP contribution is 2.32. The van der Waals surface area contributed by atoms with Crippen molar-refractivity contribution in [2.75, 3.05) is 6.61 Å². The minimum Gasteiger partial charge on any atom is -0.464 e. The molecule has 0 aromatic carbocycles. The Balaban J connectivity index is 3.55. The lowest BCUT2D eigenvalue weighted by molar-refractivity contribution is -0.149. The molecule has 1 rings (SSSR count). The van der Waals surface area contributed by atoms with E-state index in [0.29, 0.717) is 18.8 Å². The predicted molar refractivity (Wildman–Crippen MR) is 80.6 cm³/mol. The fourth-order valence-electron chi connectivity index (χ4n) is 2.40. The van der Waals surface area contributed by atoms with E-state index in [0.717, 1.165) is 10.8 Å². The predicted octanol–water partition coefficient (Wildman–Crippen LogP) is 2.76. The molecule has 0 saturated carbocycles. The van der Waals surface area contributed by atoms with E-state index >= 15 is 0 Å². The normalized spacial score (nSPS) is 14.1. The topological polar surface area (TPSA) is 65.4 Å². The number of hydrogen-bond donors (Lipinski definition) is 0. The first-order valence-electron chi connectivity index (χ1n) is 7.59. The highest BCUT2D eigenvalue weighted by Gasteiger charge is 2.36. The fraction of sp³-hybridized carbons (Fsp3) is 0.562. The summed E-state index contributed by atoms with van der Waals surface area (Å²) in [5, 5.41) is 0. The number of hydrogen-bond acceptors (Lipinski definition) is 4. The van der Waals surface area contributed by atoms with Crippen LogP contribution >= 0.6 is 0 Å². The number of aromatic nitrogens is 1. The Bertz CT molecular complexity index is 652. The van der Waals surface area contributed by atoms with Crippen molar-refractivity contribution in [3.63, 3.8) is 0 Å². The minimum absolute atomic E-state index is 0.0857. The maximum absolute atomic E-state index is 13.0. The van der Waals surface area contributed by atoms with Crippen LogP contribution in [0.2, 0.25) is 0 Å². The quantitative estimate of drug-likeness (QED) is 0.562. The lowest BCUT2D eigenvalue weighted by Crippen LogP contribution is -2.36. The largest absolute Gasteiger partial charge is 0.464 e. The van der Waals surface area contributed by atoms with Crippen LogP contribution in [0.15, 0.2) is 17.1 Å². The van der Waals surface area contributed by atoms with Gasteiger partial charge in [0.15, 0.2) is 0 Å². The Hall–Kier alpha value is -2.12. The number of pyridine rings is 1. The zero-order valence-electron chi connectivity index (χ0n) is 13.7. The van der Waals surface area contributed by atoms with E-state index in [1.807, 2.05) is 0 Å². The van der Waals surface area contributed by atoms with Crippen LogP contribution in [0.3, 0.4) is 0 Å². The van der Waals surface area contributed by atoms with Gasteiger partial charge in [-0.3, -0.25) is 4.79 Å². The number of alkyl halides is 3. The first-order valence-corrected chi connectivity index (χ1v) is 7.59. The summed E-state index contributed by atoms with van der Waals surface area (Å²) in [4.78, 5) is 35.1.